The standard InChI is InChI=1S/C23H25NO3/c1-5-17-18-13-9-10-14-19(18)21(25)24(22(26)27-23(2,3)4)20(17)15-16-11-7-6-8-12-16/h5-14,17,20H,1,15H2,2-4H3/t17-,20+/m1/s1. The Morgan fingerprint density at radius 2 is 1.74 bits per heavy atom. The summed E-state index contributed by atoms with van der Waals surface area (Å²) in [6, 6.07) is 16.9. The van der Waals surface area contributed by atoms with E-state index in [1.54, 1.807) is 26.8 Å². The van der Waals surface area contributed by atoms with Gasteiger partial charge in [0.1, 0.15) is 5.60 Å². The Bertz CT molecular complexity index is 851. The molecule has 1 heterocycles. The summed E-state index contributed by atoms with van der Waals surface area (Å²) >= 11 is 0. The number of carbonyl (C=O) groups is 2. The maximum Gasteiger partial charge on any atom is 0.417 e. The van der Waals surface area contributed by atoms with Gasteiger partial charge in [0.25, 0.3) is 5.91 Å². The van der Waals surface area contributed by atoms with E-state index in [1.165, 1.54) is 4.90 Å². The van der Waals surface area contributed by atoms with Gasteiger partial charge in [-0.15, -0.1) is 6.58 Å². The van der Waals surface area contributed by atoms with Gasteiger partial charge in [0.05, 0.1) is 6.04 Å². The van der Waals surface area contributed by atoms with Crippen LogP contribution in [0.4, 0.5) is 4.79 Å². The maximum absolute atomic E-state index is 13.2. The van der Waals surface area contributed by atoms with Gasteiger partial charge >= 0.3 is 6.09 Å². The maximum atomic E-state index is 13.2. The first kappa shape index (κ1) is 18.9. The Morgan fingerprint density at radius 1 is 1.11 bits per heavy atom. The lowest BCUT2D eigenvalue weighted by atomic mass is 9.80. The number of benzene rings is 2. The lowest BCUT2D eigenvalue weighted by Gasteiger charge is -2.40. The molecule has 4 heteroatoms. The third-order valence-electron chi connectivity index (χ3n) is 4.65. The molecule has 1 aliphatic rings. The average molecular weight is 363 g/mol. The van der Waals surface area contributed by atoms with Gasteiger partial charge in [-0.3, -0.25) is 4.79 Å². The minimum Gasteiger partial charge on any atom is -0.443 e. The van der Waals surface area contributed by atoms with Crippen LogP contribution in [0.1, 0.15) is 48.2 Å². The van der Waals surface area contributed by atoms with Crippen LogP contribution in [0.5, 0.6) is 0 Å². The Kier molecular flexibility index (Phi) is 5.17. The number of carbonyl (C=O) groups excluding carboxylic acids is 2. The molecular weight excluding hydrogens is 338 g/mol. The Balaban J connectivity index is 2.07. The van der Waals surface area contributed by atoms with E-state index in [-0.39, 0.29) is 17.9 Å². The van der Waals surface area contributed by atoms with Crippen LogP contribution in [-0.2, 0) is 11.2 Å². The molecule has 3 rings (SSSR count). The van der Waals surface area contributed by atoms with Crippen molar-refractivity contribution in [1.82, 2.24) is 4.90 Å². The minimum atomic E-state index is -0.685. The predicted molar refractivity (Wildman–Crippen MR) is 106 cm³/mol. The predicted octanol–water partition coefficient (Wildman–Crippen LogP) is 4.96. The van der Waals surface area contributed by atoms with E-state index in [0.717, 1.165) is 11.1 Å². The SMILES string of the molecule is C=C[C@@H]1c2ccccc2C(=O)N(C(=O)OC(C)(C)C)[C@H]1Cc1ccccc1. The average Bonchev–Trinajstić information content (AvgIpc) is 2.61. The molecule has 2 aromatic carbocycles. The van der Waals surface area contributed by atoms with Crippen molar-refractivity contribution in [3.63, 3.8) is 0 Å². The van der Waals surface area contributed by atoms with Crippen LogP contribution in [0.15, 0.2) is 67.3 Å². The summed E-state index contributed by atoms with van der Waals surface area (Å²) in [6.07, 6.45) is 1.74. The van der Waals surface area contributed by atoms with Crippen LogP contribution in [0.25, 0.3) is 0 Å². The first-order chi connectivity index (χ1) is 12.8. The summed E-state index contributed by atoms with van der Waals surface area (Å²) in [5.41, 5.74) is 1.79. The van der Waals surface area contributed by atoms with E-state index in [9.17, 15) is 9.59 Å². The zero-order chi connectivity index (χ0) is 19.6. The Morgan fingerprint density at radius 3 is 2.37 bits per heavy atom. The highest BCUT2D eigenvalue weighted by Gasteiger charge is 2.43. The molecule has 0 unspecified atom stereocenters. The topological polar surface area (TPSA) is 46.6 Å². The number of hydrogen-bond acceptors (Lipinski definition) is 3. The summed E-state index contributed by atoms with van der Waals surface area (Å²) in [4.78, 5) is 27.4. The van der Waals surface area contributed by atoms with Crippen LogP contribution in [-0.4, -0.2) is 28.5 Å². The zero-order valence-electron chi connectivity index (χ0n) is 16.0. The monoisotopic (exact) mass is 363 g/mol. The molecule has 0 N–H and O–H groups in total. The van der Waals surface area contributed by atoms with E-state index >= 15 is 0 Å². The molecule has 2 amide bonds. The summed E-state index contributed by atoms with van der Waals surface area (Å²) in [6.45, 7) is 9.37. The molecule has 0 bridgehead atoms. The van der Waals surface area contributed by atoms with Gasteiger partial charge in [-0.2, -0.15) is 0 Å². The van der Waals surface area contributed by atoms with Crippen LogP contribution in [0.2, 0.25) is 0 Å². The van der Waals surface area contributed by atoms with Crippen molar-refractivity contribution in [1.29, 1.82) is 0 Å². The summed E-state index contributed by atoms with van der Waals surface area (Å²) < 4.78 is 5.56. The van der Waals surface area contributed by atoms with E-state index in [2.05, 4.69) is 6.58 Å². The van der Waals surface area contributed by atoms with Crippen molar-refractivity contribution in [3.8, 4) is 0 Å². The molecule has 0 radical (unpaired) electrons. The number of rotatable bonds is 3. The fraction of sp³-hybridized carbons (Fsp3) is 0.304. The summed E-state index contributed by atoms with van der Waals surface area (Å²) in [5.74, 6) is -0.481. The molecule has 0 saturated carbocycles. The van der Waals surface area contributed by atoms with Crippen molar-refractivity contribution in [2.24, 2.45) is 0 Å². The summed E-state index contributed by atoms with van der Waals surface area (Å²) in [5, 5.41) is 0. The van der Waals surface area contributed by atoms with Crippen molar-refractivity contribution in [3.05, 3.63) is 83.9 Å². The second-order valence-corrected chi connectivity index (χ2v) is 7.76. The molecule has 0 saturated heterocycles. The summed E-state index contributed by atoms with van der Waals surface area (Å²) in [7, 11) is 0. The van der Waals surface area contributed by atoms with Crippen molar-refractivity contribution >= 4 is 12.0 Å². The van der Waals surface area contributed by atoms with Crippen molar-refractivity contribution in [2.75, 3.05) is 0 Å². The third kappa shape index (κ3) is 3.95. The zero-order valence-corrected chi connectivity index (χ0v) is 16.0. The van der Waals surface area contributed by atoms with Crippen LogP contribution in [0, 0.1) is 0 Å². The number of hydrogen-bond donors (Lipinski definition) is 0. The number of imide groups is 1. The third-order valence-corrected chi connectivity index (χ3v) is 4.65. The van der Waals surface area contributed by atoms with Crippen LogP contribution < -0.4 is 0 Å². The molecule has 2 aromatic rings. The first-order valence-corrected chi connectivity index (χ1v) is 9.14. The quantitative estimate of drug-likeness (QED) is 0.724. The van der Waals surface area contributed by atoms with Gasteiger partial charge in [0, 0.05) is 11.5 Å². The number of nitrogens with zero attached hydrogens (tertiary/aromatic N) is 1. The fourth-order valence-electron chi connectivity index (χ4n) is 3.52. The number of amides is 2. The number of ether oxygens (including phenoxy) is 1. The smallest absolute Gasteiger partial charge is 0.417 e. The van der Waals surface area contributed by atoms with Crippen LogP contribution in [0.3, 0.4) is 0 Å². The van der Waals surface area contributed by atoms with E-state index < -0.39 is 11.7 Å². The lowest BCUT2D eigenvalue weighted by Crippen LogP contribution is -2.53. The second kappa shape index (κ2) is 7.39. The van der Waals surface area contributed by atoms with E-state index in [1.807, 2.05) is 54.6 Å². The van der Waals surface area contributed by atoms with Gasteiger partial charge < -0.3 is 4.74 Å². The van der Waals surface area contributed by atoms with E-state index in [0.29, 0.717) is 12.0 Å². The highest BCUT2D eigenvalue weighted by molar-refractivity contribution is 6.05. The molecule has 0 fully saturated rings. The largest absolute Gasteiger partial charge is 0.443 e. The van der Waals surface area contributed by atoms with E-state index in [4.69, 9.17) is 4.74 Å². The number of fused-ring (bicyclic) bond motifs is 1. The molecule has 27 heavy (non-hydrogen) atoms. The Hall–Kier alpha value is -2.88. The molecule has 2 atom stereocenters. The molecule has 0 aliphatic carbocycles. The van der Waals surface area contributed by atoms with Crippen LogP contribution >= 0.6 is 0 Å². The van der Waals surface area contributed by atoms with Crippen molar-refractivity contribution < 1.29 is 14.3 Å². The molecule has 0 spiro atoms. The molecule has 0 aromatic heterocycles. The normalized spacial score (nSPS) is 19.4. The van der Waals surface area contributed by atoms with Gasteiger partial charge in [-0.1, -0.05) is 54.6 Å². The Labute approximate surface area is 160 Å². The van der Waals surface area contributed by atoms with Crippen molar-refractivity contribution in [2.45, 2.75) is 44.8 Å². The lowest BCUT2D eigenvalue weighted by molar-refractivity contribution is 0.0136. The van der Waals surface area contributed by atoms with Gasteiger partial charge in [0.15, 0.2) is 0 Å². The second-order valence-electron chi connectivity index (χ2n) is 7.76. The molecule has 1 aliphatic heterocycles. The fourth-order valence-corrected chi connectivity index (χ4v) is 3.52. The van der Waals surface area contributed by atoms with Gasteiger partial charge in [0.2, 0.25) is 0 Å². The molecule has 4 nitrogen and oxygen atoms in total. The minimum absolute atomic E-state index is 0.161. The van der Waals surface area contributed by atoms with Gasteiger partial charge in [-0.05, 0) is 44.4 Å². The highest BCUT2D eigenvalue weighted by atomic mass is 16.6. The first-order valence-electron chi connectivity index (χ1n) is 9.14. The molecule has 140 valence electrons. The highest BCUT2D eigenvalue weighted by Crippen LogP contribution is 2.36. The van der Waals surface area contributed by atoms with Gasteiger partial charge in [-0.25, -0.2) is 9.69 Å². The molecular formula is C23H25NO3.